The Labute approximate surface area is 261 Å². The van der Waals surface area contributed by atoms with E-state index in [-0.39, 0.29) is 37.9 Å². The zero-order valence-electron chi connectivity index (χ0n) is 24.9. The number of nitrogens with zero attached hydrogens (tertiary/aromatic N) is 1. The predicted molar refractivity (Wildman–Crippen MR) is 171 cm³/mol. The van der Waals surface area contributed by atoms with E-state index in [1.54, 1.807) is 30.4 Å². The molecule has 236 valence electrons. The summed E-state index contributed by atoms with van der Waals surface area (Å²) in [5.74, 6) is 0.351. The molecule has 10 nitrogen and oxygen atoms in total. The number of carbonyl (C=O) groups excluding carboxylic acids is 3. The molecular formula is C31H43N3O7S2. The molecule has 4 N–H and O–H groups in total. The van der Waals surface area contributed by atoms with Crippen molar-refractivity contribution >= 4 is 46.9 Å². The Hall–Kier alpha value is -2.61. The molecule has 0 radical (unpaired) electrons. The van der Waals surface area contributed by atoms with Crippen LogP contribution in [-0.4, -0.2) is 102 Å². The molecule has 1 aromatic carbocycles. The minimum absolute atomic E-state index is 0.104. The summed E-state index contributed by atoms with van der Waals surface area (Å²) in [4.78, 5) is 41.2. The predicted octanol–water partition coefficient (Wildman–Crippen LogP) is 2.96. The van der Waals surface area contributed by atoms with Crippen LogP contribution in [0.3, 0.4) is 0 Å². The van der Waals surface area contributed by atoms with Gasteiger partial charge in [0.05, 0.1) is 24.4 Å². The number of Topliss-reactive ketones (excluding diaryl/α,β-unsaturated/α-hetero) is 1. The summed E-state index contributed by atoms with van der Waals surface area (Å²) < 4.78 is 11.6. The summed E-state index contributed by atoms with van der Waals surface area (Å²) in [6, 6.07) is 7.74. The molecule has 43 heavy (non-hydrogen) atoms. The van der Waals surface area contributed by atoms with Crippen molar-refractivity contribution in [1.29, 1.82) is 0 Å². The van der Waals surface area contributed by atoms with Crippen molar-refractivity contribution in [2.24, 2.45) is 10.9 Å². The molecule has 1 aromatic heterocycles. The molecule has 1 aliphatic heterocycles. The van der Waals surface area contributed by atoms with Crippen molar-refractivity contribution in [3.63, 3.8) is 0 Å². The fraction of sp³-hybridized carbons (Fsp3) is 0.548. The Kier molecular flexibility index (Phi) is 14.8. The topological polar surface area (TPSA) is 147 Å². The van der Waals surface area contributed by atoms with E-state index in [0.29, 0.717) is 12.2 Å². The minimum atomic E-state index is -1.11. The number of nitrogens with one attached hydrogen (secondary N) is 2. The van der Waals surface area contributed by atoms with E-state index in [1.807, 2.05) is 40.7 Å². The smallest absolute Gasteiger partial charge is 0.251 e. The number of hydrogen-bond donors (Lipinski definition) is 4. The van der Waals surface area contributed by atoms with E-state index in [1.165, 1.54) is 13.1 Å². The highest BCUT2D eigenvalue weighted by atomic mass is 32.2. The van der Waals surface area contributed by atoms with Crippen molar-refractivity contribution in [2.75, 3.05) is 37.9 Å². The number of amides is 2. The van der Waals surface area contributed by atoms with Gasteiger partial charge < -0.3 is 30.3 Å². The normalized spacial score (nSPS) is 17.5. The van der Waals surface area contributed by atoms with Crippen molar-refractivity contribution < 1.29 is 34.1 Å². The summed E-state index contributed by atoms with van der Waals surface area (Å²) in [5, 5.41) is 31.7. The molecule has 12 heteroatoms. The number of carbonyl (C=O) groups is 3. The molecule has 0 saturated heterocycles. The molecule has 3 unspecified atom stereocenters. The third-order valence-corrected chi connectivity index (χ3v) is 8.79. The molecule has 3 rings (SSSR count). The number of aliphatic hydroxyl groups excluding tert-OH is 2. The third-order valence-electron chi connectivity index (χ3n) is 7.12. The quantitative estimate of drug-likeness (QED) is 0.154. The standard InChI is InChI=1S/C31H43N3O7S2/c1-4-42-14-5-12-40-13-10-26(36)29(34-21(3)35)30(41-18-28(38)25-16-32-25)20(2)27(37)17-33-31(39)23-8-6-22(7-9-23)24-11-15-43-19-24/h6-9,11,15-16,19-20,25-27,29-30,36-37H,4-5,10,12-14,17-18H2,1-3H3,(H,33,39)(H,34,35)/t20?,25?,26?,27-,29-,30+/m1/s1. The molecule has 0 saturated carbocycles. The second-order valence-corrected chi connectivity index (χ2v) is 12.6. The molecule has 6 atom stereocenters. The van der Waals surface area contributed by atoms with Crippen molar-refractivity contribution in [3.05, 3.63) is 46.7 Å². The van der Waals surface area contributed by atoms with Crippen molar-refractivity contribution in [1.82, 2.24) is 10.6 Å². The molecule has 1 aliphatic rings. The monoisotopic (exact) mass is 633 g/mol. The van der Waals surface area contributed by atoms with E-state index < -0.39 is 42.2 Å². The van der Waals surface area contributed by atoms with Gasteiger partial charge in [-0.05, 0) is 64.4 Å². The van der Waals surface area contributed by atoms with Crippen LogP contribution in [-0.2, 0) is 19.1 Å². The fourth-order valence-corrected chi connectivity index (χ4v) is 5.80. The van der Waals surface area contributed by atoms with Crippen molar-refractivity contribution in [2.45, 2.75) is 64.0 Å². The molecule has 2 aromatic rings. The highest BCUT2D eigenvalue weighted by molar-refractivity contribution is 7.99. The van der Waals surface area contributed by atoms with Crippen LogP contribution in [0.15, 0.2) is 46.1 Å². The number of aliphatic hydroxyl groups is 2. The van der Waals surface area contributed by atoms with Crippen LogP contribution >= 0.6 is 23.1 Å². The average molecular weight is 634 g/mol. The number of rotatable bonds is 21. The Bertz CT molecular complexity index is 1170. The van der Waals surface area contributed by atoms with E-state index in [2.05, 4.69) is 22.5 Å². The average Bonchev–Trinajstić information content (AvgIpc) is 3.71. The summed E-state index contributed by atoms with van der Waals surface area (Å²) >= 11 is 3.43. The number of thioether (sulfide) groups is 1. The SMILES string of the molecule is CCSCCCOCCC(O)[C@@H](NC(C)=O)[C@@H](OCC(=O)C1C=N1)C(C)[C@H](O)CNC(=O)c1ccc(-c2ccsc2)cc1. The number of benzene rings is 1. The van der Waals surface area contributed by atoms with Crippen LogP contribution in [0.4, 0.5) is 0 Å². The van der Waals surface area contributed by atoms with E-state index >= 15 is 0 Å². The Morgan fingerprint density at radius 2 is 1.84 bits per heavy atom. The van der Waals surface area contributed by atoms with E-state index in [0.717, 1.165) is 29.1 Å². The zero-order chi connectivity index (χ0) is 31.2. The Balaban J connectivity index is 1.62. The highest BCUT2D eigenvalue weighted by Gasteiger charge is 2.38. The van der Waals surface area contributed by atoms with E-state index in [9.17, 15) is 24.6 Å². The van der Waals surface area contributed by atoms with Gasteiger partial charge in [0.2, 0.25) is 5.91 Å². The van der Waals surface area contributed by atoms with Gasteiger partial charge in [0.1, 0.15) is 12.6 Å². The number of hydrogen-bond acceptors (Lipinski definition) is 10. The summed E-state index contributed by atoms with van der Waals surface area (Å²) in [6.07, 6.45) is -0.503. The molecule has 2 heterocycles. The van der Waals surface area contributed by atoms with Gasteiger partial charge in [-0.2, -0.15) is 23.1 Å². The van der Waals surface area contributed by atoms with Crippen LogP contribution in [0.1, 0.15) is 44.0 Å². The Morgan fingerprint density at radius 1 is 1.09 bits per heavy atom. The van der Waals surface area contributed by atoms with Gasteiger partial charge in [-0.25, -0.2) is 0 Å². The molecule has 0 fully saturated rings. The van der Waals surface area contributed by atoms with Gasteiger partial charge >= 0.3 is 0 Å². The molecule has 0 aliphatic carbocycles. The second-order valence-electron chi connectivity index (χ2n) is 10.5. The van der Waals surface area contributed by atoms with Crippen LogP contribution in [0, 0.1) is 5.92 Å². The minimum Gasteiger partial charge on any atom is -0.391 e. The summed E-state index contributed by atoms with van der Waals surface area (Å²) in [5.41, 5.74) is 2.52. The maximum atomic E-state index is 12.8. The lowest BCUT2D eigenvalue weighted by atomic mass is 9.88. The molecule has 0 bridgehead atoms. The lowest BCUT2D eigenvalue weighted by molar-refractivity contribution is -0.134. The first-order valence-corrected chi connectivity index (χ1v) is 16.7. The fourth-order valence-electron chi connectivity index (χ4n) is 4.53. The zero-order valence-corrected chi connectivity index (χ0v) is 26.6. The van der Waals surface area contributed by atoms with Gasteiger partial charge in [-0.15, -0.1) is 0 Å². The van der Waals surface area contributed by atoms with Gasteiger partial charge in [-0.1, -0.05) is 26.0 Å². The van der Waals surface area contributed by atoms with E-state index in [4.69, 9.17) is 9.47 Å². The lowest BCUT2D eigenvalue weighted by Gasteiger charge is -2.37. The number of thiophene rings is 1. The summed E-state index contributed by atoms with van der Waals surface area (Å²) in [7, 11) is 0. The van der Waals surface area contributed by atoms with Crippen LogP contribution in [0.5, 0.6) is 0 Å². The first-order chi connectivity index (χ1) is 20.7. The van der Waals surface area contributed by atoms with Gasteiger partial charge in [0, 0.05) is 44.4 Å². The number of ether oxygens (including phenoxy) is 2. The van der Waals surface area contributed by atoms with Gasteiger partial charge in [0.25, 0.3) is 5.91 Å². The van der Waals surface area contributed by atoms with Crippen molar-refractivity contribution in [3.8, 4) is 11.1 Å². The maximum Gasteiger partial charge on any atom is 0.251 e. The molecule has 2 amide bonds. The lowest BCUT2D eigenvalue weighted by Crippen LogP contribution is -2.56. The second kappa shape index (κ2) is 18.3. The van der Waals surface area contributed by atoms with Crippen LogP contribution < -0.4 is 10.6 Å². The molecular weight excluding hydrogens is 590 g/mol. The van der Waals surface area contributed by atoms with Gasteiger partial charge in [0.15, 0.2) is 5.78 Å². The maximum absolute atomic E-state index is 12.8. The first kappa shape index (κ1) is 34.9. The van der Waals surface area contributed by atoms with Crippen LogP contribution in [0.25, 0.3) is 11.1 Å². The third kappa shape index (κ3) is 11.8. The number of ketones is 1. The molecule has 0 spiro atoms. The Morgan fingerprint density at radius 3 is 2.47 bits per heavy atom. The largest absolute Gasteiger partial charge is 0.391 e. The van der Waals surface area contributed by atoms with Gasteiger partial charge in [-0.3, -0.25) is 19.4 Å². The van der Waals surface area contributed by atoms with Crippen LogP contribution in [0.2, 0.25) is 0 Å². The first-order valence-electron chi connectivity index (χ1n) is 14.6. The number of aliphatic imine (C=N–C) groups is 1. The highest BCUT2D eigenvalue weighted by Crippen LogP contribution is 2.23. The summed E-state index contributed by atoms with van der Waals surface area (Å²) in [6.45, 7) is 5.55.